The van der Waals surface area contributed by atoms with Gasteiger partial charge in [-0.3, -0.25) is 9.59 Å². The number of halogens is 2. The Morgan fingerprint density at radius 2 is 1.89 bits per heavy atom. The summed E-state index contributed by atoms with van der Waals surface area (Å²) in [5, 5.41) is 5.35. The molecule has 1 aromatic rings. The average molecular weight is 392 g/mol. The fraction of sp³-hybridized carbons (Fsp3) is 0.385. The van der Waals surface area contributed by atoms with Gasteiger partial charge in [0.05, 0.1) is 11.0 Å². The van der Waals surface area contributed by atoms with Crippen molar-refractivity contribution < 1.29 is 9.59 Å². The van der Waals surface area contributed by atoms with Gasteiger partial charge in [0.25, 0.3) is 5.91 Å². The van der Waals surface area contributed by atoms with E-state index in [1.807, 2.05) is 6.07 Å². The quantitative estimate of drug-likeness (QED) is 0.828. The Kier molecular flexibility index (Phi) is 5.55. The molecule has 0 aliphatic rings. The number of benzene rings is 1. The number of rotatable bonds is 4. The van der Waals surface area contributed by atoms with E-state index in [-0.39, 0.29) is 18.4 Å². The second kappa shape index (κ2) is 6.52. The van der Waals surface area contributed by atoms with Gasteiger partial charge < -0.3 is 10.6 Å². The van der Waals surface area contributed by atoms with Crippen LogP contribution in [0.5, 0.6) is 0 Å². The smallest absolute Gasteiger partial charge is 0.252 e. The maximum absolute atomic E-state index is 12.1. The lowest BCUT2D eigenvalue weighted by Gasteiger charge is -2.23. The summed E-state index contributed by atoms with van der Waals surface area (Å²) in [6.45, 7) is 3.83. The van der Waals surface area contributed by atoms with Crippen LogP contribution in [0, 0.1) is 5.41 Å². The number of nitrogens with one attached hydrogen (secondary N) is 2. The van der Waals surface area contributed by atoms with E-state index in [1.54, 1.807) is 33.0 Å². The van der Waals surface area contributed by atoms with Crippen molar-refractivity contribution >= 4 is 43.7 Å². The Morgan fingerprint density at radius 3 is 2.47 bits per heavy atom. The maximum atomic E-state index is 12.1. The van der Waals surface area contributed by atoms with Gasteiger partial charge >= 0.3 is 0 Å². The first kappa shape index (κ1) is 16.2. The lowest BCUT2D eigenvalue weighted by atomic mass is 9.92. The zero-order valence-electron chi connectivity index (χ0n) is 11.0. The first-order chi connectivity index (χ1) is 8.77. The molecule has 0 atom stereocenters. The van der Waals surface area contributed by atoms with Gasteiger partial charge in [-0.15, -0.1) is 0 Å². The topological polar surface area (TPSA) is 58.2 Å². The summed E-state index contributed by atoms with van der Waals surface area (Å²) < 4.78 is 1.54. The molecule has 0 unspecified atom stereocenters. The second-order valence-electron chi connectivity index (χ2n) is 4.77. The van der Waals surface area contributed by atoms with E-state index in [1.165, 1.54) is 0 Å². The molecule has 0 aromatic heterocycles. The standard InChI is InChI=1S/C13H16Br2N2O2/c1-13(2,12(19)16-3)7-17-11(18)9-6-8(14)4-5-10(9)15/h4-6H,7H2,1-3H3,(H,16,19)(H,17,18). The Hall–Kier alpha value is -0.880. The number of carbonyl (C=O) groups is 2. The minimum absolute atomic E-state index is 0.110. The second-order valence-corrected chi connectivity index (χ2v) is 6.54. The Labute approximate surface area is 129 Å². The molecule has 0 radical (unpaired) electrons. The van der Waals surface area contributed by atoms with Crippen LogP contribution in [-0.2, 0) is 4.79 Å². The van der Waals surface area contributed by atoms with Crippen LogP contribution in [0.3, 0.4) is 0 Å². The lowest BCUT2D eigenvalue weighted by molar-refractivity contribution is -0.128. The third-order valence-corrected chi connectivity index (χ3v) is 3.89. The molecule has 4 nitrogen and oxygen atoms in total. The highest BCUT2D eigenvalue weighted by atomic mass is 79.9. The number of amides is 2. The van der Waals surface area contributed by atoms with Crippen LogP contribution in [0.1, 0.15) is 24.2 Å². The highest BCUT2D eigenvalue weighted by molar-refractivity contribution is 9.11. The van der Waals surface area contributed by atoms with Gasteiger partial charge in [-0.25, -0.2) is 0 Å². The maximum Gasteiger partial charge on any atom is 0.252 e. The van der Waals surface area contributed by atoms with Crippen molar-refractivity contribution in [2.45, 2.75) is 13.8 Å². The van der Waals surface area contributed by atoms with Crippen molar-refractivity contribution in [2.75, 3.05) is 13.6 Å². The molecule has 1 aromatic carbocycles. The highest BCUT2D eigenvalue weighted by Gasteiger charge is 2.27. The first-order valence-electron chi connectivity index (χ1n) is 5.73. The molecule has 19 heavy (non-hydrogen) atoms. The van der Waals surface area contributed by atoms with Gasteiger partial charge in [0.1, 0.15) is 0 Å². The average Bonchev–Trinajstić information content (AvgIpc) is 2.37. The highest BCUT2D eigenvalue weighted by Crippen LogP contribution is 2.22. The van der Waals surface area contributed by atoms with Crippen molar-refractivity contribution in [1.29, 1.82) is 0 Å². The number of hydrogen-bond donors (Lipinski definition) is 2. The van der Waals surface area contributed by atoms with Crippen molar-refractivity contribution in [2.24, 2.45) is 5.41 Å². The minimum atomic E-state index is -0.650. The largest absolute Gasteiger partial charge is 0.359 e. The van der Waals surface area contributed by atoms with Crippen molar-refractivity contribution in [1.82, 2.24) is 10.6 Å². The van der Waals surface area contributed by atoms with Gasteiger partial charge in [0.15, 0.2) is 0 Å². The molecule has 0 heterocycles. The molecule has 0 aliphatic carbocycles. The van der Waals surface area contributed by atoms with Crippen molar-refractivity contribution in [3.8, 4) is 0 Å². The predicted molar refractivity (Wildman–Crippen MR) is 82.0 cm³/mol. The van der Waals surface area contributed by atoms with Crippen molar-refractivity contribution in [3.05, 3.63) is 32.7 Å². The zero-order chi connectivity index (χ0) is 14.6. The fourth-order valence-corrected chi connectivity index (χ4v) is 2.27. The Morgan fingerprint density at radius 1 is 1.26 bits per heavy atom. The van der Waals surface area contributed by atoms with Crippen LogP contribution in [0.25, 0.3) is 0 Å². The summed E-state index contributed by atoms with van der Waals surface area (Å²) in [4.78, 5) is 23.7. The van der Waals surface area contributed by atoms with Crippen molar-refractivity contribution in [3.63, 3.8) is 0 Å². The molecule has 1 rings (SSSR count). The summed E-state index contributed by atoms with van der Waals surface area (Å²) >= 11 is 6.66. The number of hydrogen-bond acceptors (Lipinski definition) is 2. The molecule has 0 spiro atoms. The normalized spacial score (nSPS) is 11.0. The van der Waals surface area contributed by atoms with Gasteiger partial charge in [-0.2, -0.15) is 0 Å². The molecule has 0 bridgehead atoms. The third kappa shape index (κ3) is 4.31. The first-order valence-corrected chi connectivity index (χ1v) is 7.32. The van der Waals surface area contributed by atoms with Crippen LogP contribution in [0.2, 0.25) is 0 Å². The molecule has 6 heteroatoms. The monoisotopic (exact) mass is 390 g/mol. The van der Waals surface area contributed by atoms with Gasteiger partial charge in [0.2, 0.25) is 5.91 Å². The lowest BCUT2D eigenvalue weighted by Crippen LogP contribution is -2.43. The molecule has 0 fully saturated rings. The Balaban J connectivity index is 2.76. The summed E-state index contributed by atoms with van der Waals surface area (Å²) in [6, 6.07) is 5.37. The summed E-state index contributed by atoms with van der Waals surface area (Å²) in [6.07, 6.45) is 0. The van der Waals surface area contributed by atoms with E-state index in [9.17, 15) is 9.59 Å². The summed E-state index contributed by atoms with van der Waals surface area (Å²) in [5.74, 6) is -0.328. The van der Waals surface area contributed by atoms with Gasteiger partial charge in [-0.1, -0.05) is 15.9 Å². The third-order valence-electron chi connectivity index (χ3n) is 2.71. The molecular weight excluding hydrogens is 376 g/mol. The van der Waals surface area contributed by atoms with E-state index in [2.05, 4.69) is 42.5 Å². The zero-order valence-corrected chi connectivity index (χ0v) is 14.2. The van der Waals surface area contributed by atoms with E-state index in [4.69, 9.17) is 0 Å². The number of carbonyl (C=O) groups excluding carboxylic acids is 2. The molecule has 104 valence electrons. The minimum Gasteiger partial charge on any atom is -0.359 e. The van der Waals surface area contributed by atoms with Crippen LogP contribution in [0.4, 0.5) is 0 Å². The molecule has 2 N–H and O–H groups in total. The molecular formula is C13H16Br2N2O2. The summed E-state index contributed by atoms with van der Waals surface area (Å²) in [5.41, 5.74) is -0.120. The van der Waals surface area contributed by atoms with E-state index >= 15 is 0 Å². The van der Waals surface area contributed by atoms with Gasteiger partial charge in [0, 0.05) is 22.5 Å². The van der Waals surface area contributed by atoms with Crippen LogP contribution >= 0.6 is 31.9 Å². The predicted octanol–water partition coefficient (Wildman–Crippen LogP) is 2.71. The molecule has 0 saturated carbocycles. The van der Waals surface area contributed by atoms with Crippen LogP contribution in [0.15, 0.2) is 27.1 Å². The van der Waals surface area contributed by atoms with E-state index < -0.39 is 5.41 Å². The Bertz CT molecular complexity index is 501. The molecule has 0 saturated heterocycles. The summed E-state index contributed by atoms with van der Waals surface area (Å²) in [7, 11) is 1.58. The van der Waals surface area contributed by atoms with E-state index in [0.717, 1.165) is 4.47 Å². The van der Waals surface area contributed by atoms with Gasteiger partial charge in [-0.05, 0) is 48.0 Å². The van der Waals surface area contributed by atoms with Crippen LogP contribution in [-0.4, -0.2) is 25.4 Å². The fourth-order valence-electron chi connectivity index (χ4n) is 1.49. The molecule has 0 aliphatic heterocycles. The SMILES string of the molecule is CNC(=O)C(C)(C)CNC(=O)c1cc(Br)ccc1Br. The molecule has 2 amide bonds. The van der Waals surface area contributed by atoms with E-state index in [0.29, 0.717) is 10.0 Å². The van der Waals surface area contributed by atoms with Crippen LogP contribution < -0.4 is 10.6 Å².